The van der Waals surface area contributed by atoms with E-state index >= 15 is 0 Å². The fourth-order valence-electron chi connectivity index (χ4n) is 3.32. The number of ether oxygens (including phenoxy) is 2. The highest BCUT2D eigenvalue weighted by Crippen LogP contribution is 2.29. The van der Waals surface area contributed by atoms with Gasteiger partial charge in [-0.25, -0.2) is 4.79 Å². The molecule has 0 bridgehead atoms. The van der Waals surface area contributed by atoms with Gasteiger partial charge in [-0.2, -0.15) is 0 Å². The Labute approximate surface area is 167 Å². The fourth-order valence-corrected chi connectivity index (χ4v) is 3.32. The molecule has 0 amide bonds. The van der Waals surface area contributed by atoms with Crippen LogP contribution in [0.2, 0.25) is 0 Å². The third-order valence-corrected chi connectivity index (χ3v) is 4.71. The van der Waals surface area contributed by atoms with E-state index in [2.05, 4.69) is 0 Å². The van der Waals surface area contributed by atoms with Gasteiger partial charge in [0.25, 0.3) is 0 Å². The average Bonchev–Trinajstić information content (AvgIpc) is 2.77. The topological polar surface area (TPSA) is 69.7 Å². The zero-order valence-electron chi connectivity index (χ0n) is 15.6. The lowest BCUT2D eigenvalue weighted by Crippen LogP contribution is -2.24. The maximum atomic E-state index is 12.9. The molecule has 0 aliphatic heterocycles. The first-order chi connectivity index (χ1) is 14.2. The normalized spacial score (nSPS) is 12.1. The number of hydrogen-bond acceptors (Lipinski definition) is 5. The molecule has 3 aromatic rings. The Balaban J connectivity index is 1.45. The highest BCUT2D eigenvalue weighted by molar-refractivity contribution is 6.30. The molecule has 29 heavy (non-hydrogen) atoms. The van der Waals surface area contributed by atoms with Gasteiger partial charge >= 0.3 is 5.97 Å². The summed E-state index contributed by atoms with van der Waals surface area (Å²) >= 11 is 0. The number of hydrogen-bond donors (Lipinski definition) is 0. The lowest BCUT2D eigenvalue weighted by molar-refractivity contribution is 0.0483. The van der Waals surface area contributed by atoms with Crippen molar-refractivity contribution in [2.45, 2.75) is 6.42 Å². The van der Waals surface area contributed by atoms with Gasteiger partial charge in [-0.05, 0) is 18.2 Å². The minimum Gasteiger partial charge on any atom is -0.493 e. The predicted octanol–water partition coefficient (Wildman–Crippen LogP) is 4.09. The smallest absolute Gasteiger partial charge is 0.338 e. The molecule has 5 heteroatoms. The van der Waals surface area contributed by atoms with Crippen LogP contribution in [0.1, 0.15) is 48.6 Å². The summed E-state index contributed by atoms with van der Waals surface area (Å²) in [7, 11) is 0. The van der Waals surface area contributed by atoms with Crippen molar-refractivity contribution in [3.8, 4) is 5.75 Å². The highest BCUT2D eigenvalue weighted by atomic mass is 16.5. The molecule has 3 aromatic carbocycles. The van der Waals surface area contributed by atoms with Crippen molar-refractivity contribution in [2.75, 3.05) is 13.2 Å². The van der Waals surface area contributed by atoms with E-state index in [-0.39, 0.29) is 34.9 Å². The SMILES string of the molecule is O=C(OCCCOc1ccccc1)c1cccc2c1C(=O)c1ccccc1C2=O. The standard InChI is InChI=1S/C24H18O5/c25-22-17-10-4-5-11-18(17)23(26)21-19(22)12-6-13-20(21)24(27)29-15-7-14-28-16-8-2-1-3-9-16/h1-6,8-13H,7,14-15H2. The molecule has 0 spiro atoms. The monoisotopic (exact) mass is 386 g/mol. The molecule has 1 aliphatic rings. The molecular weight excluding hydrogens is 368 g/mol. The minimum atomic E-state index is -0.623. The molecule has 0 unspecified atom stereocenters. The first-order valence-corrected chi connectivity index (χ1v) is 9.33. The molecule has 0 N–H and O–H groups in total. The van der Waals surface area contributed by atoms with Crippen LogP contribution < -0.4 is 4.74 Å². The number of carbonyl (C=O) groups excluding carboxylic acids is 3. The molecule has 0 saturated heterocycles. The summed E-state index contributed by atoms with van der Waals surface area (Å²) < 4.78 is 10.9. The van der Waals surface area contributed by atoms with E-state index in [0.717, 1.165) is 5.75 Å². The van der Waals surface area contributed by atoms with Gasteiger partial charge in [-0.1, -0.05) is 54.6 Å². The second kappa shape index (κ2) is 8.10. The van der Waals surface area contributed by atoms with Gasteiger partial charge < -0.3 is 9.47 Å². The summed E-state index contributed by atoms with van der Waals surface area (Å²) in [5.41, 5.74) is 1.12. The molecule has 0 aromatic heterocycles. The Morgan fingerprint density at radius 1 is 0.690 bits per heavy atom. The van der Waals surface area contributed by atoms with Gasteiger partial charge in [0.1, 0.15) is 5.75 Å². The fraction of sp³-hybridized carbons (Fsp3) is 0.125. The first-order valence-electron chi connectivity index (χ1n) is 9.33. The minimum absolute atomic E-state index is 0.110. The van der Waals surface area contributed by atoms with Crippen LogP contribution in [0.25, 0.3) is 0 Å². The highest BCUT2D eigenvalue weighted by Gasteiger charge is 2.33. The molecule has 5 nitrogen and oxygen atoms in total. The molecule has 0 atom stereocenters. The molecule has 4 rings (SSSR count). The van der Waals surface area contributed by atoms with Crippen molar-refractivity contribution in [1.82, 2.24) is 0 Å². The van der Waals surface area contributed by atoms with E-state index in [0.29, 0.717) is 24.2 Å². The number of ketones is 2. The third kappa shape index (κ3) is 3.67. The van der Waals surface area contributed by atoms with Crippen molar-refractivity contribution in [1.29, 1.82) is 0 Å². The molecule has 0 fully saturated rings. The van der Waals surface area contributed by atoms with Crippen LogP contribution >= 0.6 is 0 Å². The Morgan fingerprint density at radius 3 is 2.10 bits per heavy atom. The zero-order chi connectivity index (χ0) is 20.2. The summed E-state index contributed by atoms with van der Waals surface area (Å²) in [4.78, 5) is 38.3. The van der Waals surface area contributed by atoms with E-state index < -0.39 is 5.97 Å². The molecular formula is C24H18O5. The molecule has 0 heterocycles. The van der Waals surface area contributed by atoms with Gasteiger partial charge in [0.2, 0.25) is 0 Å². The Hall–Kier alpha value is -3.73. The number of rotatable bonds is 6. The van der Waals surface area contributed by atoms with Crippen molar-refractivity contribution in [3.63, 3.8) is 0 Å². The maximum absolute atomic E-state index is 12.9. The van der Waals surface area contributed by atoms with Crippen LogP contribution in [0.5, 0.6) is 5.75 Å². The Kier molecular flexibility index (Phi) is 5.20. The summed E-state index contributed by atoms with van der Waals surface area (Å²) in [6, 6.07) is 20.7. The maximum Gasteiger partial charge on any atom is 0.338 e. The van der Waals surface area contributed by atoms with Crippen LogP contribution in [0.4, 0.5) is 0 Å². The van der Waals surface area contributed by atoms with Gasteiger partial charge in [0, 0.05) is 28.7 Å². The summed E-state index contributed by atoms with van der Waals surface area (Å²) in [6.45, 7) is 0.545. The van der Waals surface area contributed by atoms with Crippen LogP contribution in [0.3, 0.4) is 0 Å². The van der Waals surface area contributed by atoms with Crippen molar-refractivity contribution >= 4 is 17.5 Å². The lowest BCUT2D eigenvalue weighted by atomic mass is 9.82. The van der Waals surface area contributed by atoms with Crippen LogP contribution in [0.15, 0.2) is 72.8 Å². The lowest BCUT2D eigenvalue weighted by Gasteiger charge is -2.19. The van der Waals surface area contributed by atoms with Gasteiger partial charge in [0.15, 0.2) is 11.6 Å². The van der Waals surface area contributed by atoms with E-state index in [9.17, 15) is 14.4 Å². The quantitative estimate of drug-likeness (QED) is 0.369. The van der Waals surface area contributed by atoms with E-state index in [4.69, 9.17) is 9.47 Å². The summed E-state index contributed by atoms with van der Waals surface area (Å²) in [5.74, 6) is -0.475. The number of esters is 1. The number of benzene rings is 3. The molecule has 0 radical (unpaired) electrons. The number of fused-ring (bicyclic) bond motifs is 2. The van der Waals surface area contributed by atoms with E-state index in [1.807, 2.05) is 30.3 Å². The van der Waals surface area contributed by atoms with Gasteiger partial charge in [0.05, 0.1) is 18.8 Å². The first kappa shape index (κ1) is 18.6. The second-order valence-electron chi connectivity index (χ2n) is 6.58. The van der Waals surface area contributed by atoms with Crippen LogP contribution in [0, 0.1) is 0 Å². The van der Waals surface area contributed by atoms with E-state index in [1.54, 1.807) is 36.4 Å². The summed E-state index contributed by atoms with van der Waals surface area (Å²) in [6.07, 6.45) is 0.505. The molecule has 0 saturated carbocycles. The third-order valence-electron chi connectivity index (χ3n) is 4.71. The second-order valence-corrected chi connectivity index (χ2v) is 6.58. The molecule has 1 aliphatic carbocycles. The Bertz CT molecular complexity index is 1090. The zero-order valence-corrected chi connectivity index (χ0v) is 15.6. The average molecular weight is 386 g/mol. The number of para-hydroxylation sites is 1. The van der Waals surface area contributed by atoms with Gasteiger partial charge in [-0.15, -0.1) is 0 Å². The van der Waals surface area contributed by atoms with Gasteiger partial charge in [-0.3, -0.25) is 9.59 Å². The largest absolute Gasteiger partial charge is 0.493 e. The molecule has 144 valence electrons. The van der Waals surface area contributed by atoms with Crippen molar-refractivity contribution in [3.05, 3.63) is 101 Å². The van der Waals surface area contributed by atoms with Crippen LogP contribution in [-0.2, 0) is 4.74 Å². The Morgan fingerprint density at radius 2 is 1.34 bits per heavy atom. The predicted molar refractivity (Wildman–Crippen MR) is 107 cm³/mol. The van der Waals surface area contributed by atoms with Crippen LogP contribution in [-0.4, -0.2) is 30.7 Å². The summed E-state index contributed by atoms with van der Waals surface area (Å²) in [5, 5.41) is 0. The van der Waals surface area contributed by atoms with E-state index in [1.165, 1.54) is 6.07 Å². The number of carbonyl (C=O) groups is 3. The van der Waals surface area contributed by atoms with Crippen molar-refractivity contribution < 1.29 is 23.9 Å². The van der Waals surface area contributed by atoms with Crippen molar-refractivity contribution in [2.24, 2.45) is 0 Å².